The van der Waals surface area contributed by atoms with Crippen LogP contribution in [0, 0.1) is 10.1 Å². The van der Waals surface area contributed by atoms with Gasteiger partial charge in [0.2, 0.25) is 0 Å². The molecule has 2 aromatic carbocycles. The van der Waals surface area contributed by atoms with Crippen LogP contribution in [0.1, 0.15) is 20.7 Å². The van der Waals surface area contributed by atoms with E-state index >= 15 is 0 Å². The van der Waals surface area contributed by atoms with Gasteiger partial charge in [-0.15, -0.1) is 0 Å². The molecule has 0 bridgehead atoms. The van der Waals surface area contributed by atoms with Crippen molar-refractivity contribution in [3.8, 4) is 0 Å². The SMILES string of the molecule is Nc1ccc(C(=O)NCCNC(=O)c2ccccc2)cc1[N+](=O)[O-]. The summed E-state index contributed by atoms with van der Waals surface area (Å²) in [4.78, 5) is 33.9. The third-order valence-electron chi connectivity index (χ3n) is 3.22. The summed E-state index contributed by atoms with van der Waals surface area (Å²) in [5.74, 6) is -0.722. The van der Waals surface area contributed by atoms with Gasteiger partial charge in [0.15, 0.2) is 0 Å². The second-order valence-corrected chi connectivity index (χ2v) is 4.91. The Bertz CT molecular complexity index is 762. The van der Waals surface area contributed by atoms with E-state index < -0.39 is 10.8 Å². The molecule has 24 heavy (non-hydrogen) atoms. The number of rotatable bonds is 6. The number of nitrogens with zero attached hydrogens (tertiary/aromatic N) is 1. The standard InChI is InChI=1S/C16H16N4O4/c17-13-7-6-12(10-14(13)20(23)24)16(22)19-9-8-18-15(21)11-4-2-1-3-5-11/h1-7,10H,8-9,17H2,(H,18,21)(H,19,22). The maximum Gasteiger partial charge on any atom is 0.292 e. The number of hydrogen-bond donors (Lipinski definition) is 3. The third kappa shape index (κ3) is 4.29. The van der Waals surface area contributed by atoms with Gasteiger partial charge in [0, 0.05) is 30.3 Å². The van der Waals surface area contributed by atoms with Crippen LogP contribution < -0.4 is 16.4 Å². The summed E-state index contributed by atoms with van der Waals surface area (Å²) < 4.78 is 0. The Morgan fingerprint density at radius 3 is 2.12 bits per heavy atom. The molecule has 0 radical (unpaired) electrons. The maximum absolute atomic E-state index is 12.0. The Morgan fingerprint density at radius 1 is 0.958 bits per heavy atom. The Kier molecular flexibility index (Phi) is 5.45. The summed E-state index contributed by atoms with van der Waals surface area (Å²) in [6, 6.07) is 12.5. The molecule has 4 N–H and O–H groups in total. The van der Waals surface area contributed by atoms with Crippen LogP contribution in [0.4, 0.5) is 11.4 Å². The van der Waals surface area contributed by atoms with E-state index in [9.17, 15) is 19.7 Å². The molecule has 0 aromatic heterocycles. The van der Waals surface area contributed by atoms with Crippen molar-refractivity contribution in [2.24, 2.45) is 0 Å². The Balaban J connectivity index is 1.84. The van der Waals surface area contributed by atoms with E-state index in [1.165, 1.54) is 12.1 Å². The molecule has 0 unspecified atom stereocenters. The van der Waals surface area contributed by atoms with Crippen molar-refractivity contribution in [2.45, 2.75) is 0 Å². The van der Waals surface area contributed by atoms with Gasteiger partial charge in [-0.3, -0.25) is 19.7 Å². The van der Waals surface area contributed by atoms with E-state index in [1.54, 1.807) is 24.3 Å². The first-order valence-electron chi connectivity index (χ1n) is 7.14. The number of nitrogens with two attached hydrogens (primary N) is 1. The minimum Gasteiger partial charge on any atom is -0.393 e. The molecule has 0 spiro atoms. The fraction of sp³-hybridized carbons (Fsp3) is 0.125. The average molecular weight is 328 g/mol. The van der Waals surface area contributed by atoms with Crippen LogP contribution in [0.2, 0.25) is 0 Å². The normalized spacial score (nSPS) is 10.0. The maximum atomic E-state index is 12.0. The molecule has 0 atom stereocenters. The fourth-order valence-corrected chi connectivity index (χ4v) is 1.99. The van der Waals surface area contributed by atoms with Gasteiger partial charge in [-0.05, 0) is 24.3 Å². The number of hydrogen-bond acceptors (Lipinski definition) is 5. The highest BCUT2D eigenvalue weighted by Crippen LogP contribution is 2.22. The molecule has 0 saturated heterocycles. The predicted octanol–water partition coefficient (Wildman–Crippen LogP) is 1.34. The number of benzene rings is 2. The predicted molar refractivity (Wildman–Crippen MR) is 88.6 cm³/mol. The Labute approximate surface area is 137 Å². The molecule has 0 heterocycles. The highest BCUT2D eigenvalue weighted by Gasteiger charge is 2.15. The first-order chi connectivity index (χ1) is 11.5. The van der Waals surface area contributed by atoms with Crippen molar-refractivity contribution in [3.63, 3.8) is 0 Å². The quantitative estimate of drug-likeness (QED) is 0.319. The monoisotopic (exact) mass is 328 g/mol. The second kappa shape index (κ2) is 7.73. The number of carbonyl (C=O) groups excluding carboxylic acids is 2. The van der Waals surface area contributed by atoms with Crippen LogP contribution in [0.5, 0.6) is 0 Å². The first-order valence-corrected chi connectivity index (χ1v) is 7.14. The van der Waals surface area contributed by atoms with Gasteiger partial charge >= 0.3 is 0 Å². The van der Waals surface area contributed by atoms with E-state index in [0.29, 0.717) is 5.56 Å². The molecule has 124 valence electrons. The third-order valence-corrected chi connectivity index (χ3v) is 3.22. The number of nitro benzene ring substituents is 1. The molecular formula is C16H16N4O4. The zero-order chi connectivity index (χ0) is 17.5. The number of nitrogen functional groups attached to an aromatic ring is 1. The summed E-state index contributed by atoms with van der Waals surface area (Å²) in [5, 5.41) is 16.0. The highest BCUT2D eigenvalue weighted by atomic mass is 16.6. The molecule has 8 nitrogen and oxygen atoms in total. The summed E-state index contributed by atoms with van der Waals surface area (Å²) in [6.07, 6.45) is 0. The van der Waals surface area contributed by atoms with Gasteiger partial charge in [-0.1, -0.05) is 18.2 Å². The van der Waals surface area contributed by atoms with Crippen molar-refractivity contribution in [1.82, 2.24) is 10.6 Å². The van der Waals surface area contributed by atoms with Gasteiger partial charge in [0.05, 0.1) is 4.92 Å². The summed E-state index contributed by atoms with van der Waals surface area (Å²) in [6.45, 7) is 0.423. The zero-order valence-corrected chi connectivity index (χ0v) is 12.7. The van der Waals surface area contributed by atoms with Crippen LogP contribution in [-0.2, 0) is 0 Å². The largest absolute Gasteiger partial charge is 0.393 e. The van der Waals surface area contributed by atoms with E-state index in [1.807, 2.05) is 6.07 Å². The Hall–Kier alpha value is -3.42. The van der Waals surface area contributed by atoms with Crippen LogP contribution >= 0.6 is 0 Å². The zero-order valence-electron chi connectivity index (χ0n) is 12.7. The minimum absolute atomic E-state index is 0.00771. The number of anilines is 1. The average Bonchev–Trinajstić information content (AvgIpc) is 2.59. The van der Waals surface area contributed by atoms with Gasteiger partial charge in [-0.2, -0.15) is 0 Å². The van der Waals surface area contributed by atoms with E-state index in [2.05, 4.69) is 10.6 Å². The molecule has 2 amide bonds. The van der Waals surface area contributed by atoms with E-state index in [4.69, 9.17) is 5.73 Å². The van der Waals surface area contributed by atoms with Gasteiger partial charge in [0.25, 0.3) is 17.5 Å². The number of amides is 2. The van der Waals surface area contributed by atoms with Crippen molar-refractivity contribution in [3.05, 3.63) is 69.8 Å². The lowest BCUT2D eigenvalue weighted by atomic mass is 10.1. The molecule has 0 fully saturated rings. The fourth-order valence-electron chi connectivity index (χ4n) is 1.99. The van der Waals surface area contributed by atoms with Gasteiger partial charge < -0.3 is 16.4 Å². The van der Waals surface area contributed by atoms with Crippen molar-refractivity contribution in [1.29, 1.82) is 0 Å². The van der Waals surface area contributed by atoms with Gasteiger partial charge in [-0.25, -0.2) is 0 Å². The molecule has 0 aliphatic heterocycles. The lowest BCUT2D eigenvalue weighted by Crippen LogP contribution is -2.34. The molecule has 2 rings (SSSR count). The number of nitro groups is 1. The summed E-state index contributed by atoms with van der Waals surface area (Å²) in [7, 11) is 0. The number of carbonyl (C=O) groups is 2. The minimum atomic E-state index is -0.647. The second-order valence-electron chi connectivity index (χ2n) is 4.91. The van der Waals surface area contributed by atoms with Crippen LogP contribution in [-0.4, -0.2) is 29.8 Å². The number of nitrogens with one attached hydrogen (secondary N) is 2. The van der Waals surface area contributed by atoms with Crippen molar-refractivity contribution >= 4 is 23.2 Å². The van der Waals surface area contributed by atoms with E-state index in [0.717, 1.165) is 6.07 Å². The van der Waals surface area contributed by atoms with Crippen molar-refractivity contribution in [2.75, 3.05) is 18.8 Å². The first kappa shape index (κ1) is 16.9. The lowest BCUT2D eigenvalue weighted by Gasteiger charge is -2.07. The molecular weight excluding hydrogens is 312 g/mol. The van der Waals surface area contributed by atoms with Crippen LogP contribution in [0.3, 0.4) is 0 Å². The molecule has 0 aliphatic carbocycles. The topological polar surface area (TPSA) is 127 Å². The smallest absolute Gasteiger partial charge is 0.292 e. The van der Waals surface area contributed by atoms with Gasteiger partial charge in [0.1, 0.15) is 5.69 Å². The summed E-state index contributed by atoms with van der Waals surface area (Å²) in [5.41, 5.74) is 5.81. The highest BCUT2D eigenvalue weighted by molar-refractivity contribution is 5.96. The molecule has 2 aromatic rings. The van der Waals surface area contributed by atoms with Crippen LogP contribution in [0.15, 0.2) is 48.5 Å². The van der Waals surface area contributed by atoms with Crippen LogP contribution in [0.25, 0.3) is 0 Å². The summed E-state index contributed by atoms with van der Waals surface area (Å²) >= 11 is 0. The molecule has 0 aliphatic rings. The van der Waals surface area contributed by atoms with Crippen molar-refractivity contribution < 1.29 is 14.5 Å². The molecule has 8 heteroatoms. The lowest BCUT2D eigenvalue weighted by molar-refractivity contribution is -0.383. The Morgan fingerprint density at radius 2 is 1.54 bits per heavy atom. The van der Waals surface area contributed by atoms with E-state index in [-0.39, 0.29) is 35.9 Å². The molecule has 0 saturated carbocycles.